The van der Waals surface area contributed by atoms with Gasteiger partial charge in [0.05, 0.1) is 11.9 Å². The van der Waals surface area contributed by atoms with Gasteiger partial charge in [0.1, 0.15) is 0 Å². The zero-order chi connectivity index (χ0) is 16.0. The number of hydrogen-bond acceptors (Lipinski definition) is 5. The van der Waals surface area contributed by atoms with Gasteiger partial charge < -0.3 is 10.2 Å². The van der Waals surface area contributed by atoms with Crippen molar-refractivity contribution >= 4 is 33.0 Å². The Hall–Kier alpha value is -1.63. The van der Waals surface area contributed by atoms with Gasteiger partial charge in [-0.2, -0.15) is 0 Å². The van der Waals surface area contributed by atoms with E-state index in [4.69, 9.17) is 21.7 Å². The molecule has 0 bridgehead atoms. The monoisotopic (exact) mass is 347 g/mol. The van der Waals surface area contributed by atoms with Crippen LogP contribution in [0.5, 0.6) is 0 Å². The van der Waals surface area contributed by atoms with Crippen LogP contribution in [0.25, 0.3) is 16.2 Å². The average Bonchev–Trinajstić information content (AvgIpc) is 3.05. The second kappa shape index (κ2) is 5.78. The Morgan fingerprint density at radius 1 is 1.17 bits per heavy atom. The standard InChI is InChI=1S/C16H18ClN5S/c1-10-7-21(8-11(2)18-10)16-20-22-9-14(19-15(22)23-16)12-3-5-13(17)6-4-12/h3-6,9-11,18H,7-8H2,1-2H3/t10-,11+. The largest absolute Gasteiger partial charge is 0.344 e. The summed E-state index contributed by atoms with van der Waals surface area (Å²) in [6, 6.07) is 8.67. The van der Waals surface area contributed by atoms with Crippen LogP contribution < -0.4 is 10.2 Å². The van der Waals surface area contributed by atoms with E-state index in [0.29, 0.717) is 12.1 Å². The molecule has 3 heterocycles. The van der Waals surface area contributed by atoms with Gasteiger partial charge in [-0.25, -0.2) is 9.50 Å². The lowest BCUT2D eigenvalue weighted by atomic mass is 10.2. The first-order valence-electron chi connectivity index (χ1n) is 7.71. The van der Waals surface area contributed by atoms with Gasteiger partial charge in [-0.1, -0.05) is 35.1 Å². The zero-order valence-corrected chi connectivity index (χ0v) is 14.6. The zero-order valence-electron chi connectivity index (χ0n) is 13.0. The molecule has 120 valence electrons. The van der Waals surface area contributed by atoms with Crippen LogP contribution in [0.15, 0.2) is 30.5 Å². The molecule has 5 nitrogen and oxygen atoms in total. The number of nitrogens with one attached hydrogen (secondary N) is 1. The maximum absolute atomic E-state index is 5.94. The molecule has 23 heavy (non-hydrogen) atoms. The van der Waals surface area contributed by atoms with E-state index < -0.39 is 0 Å². The number of rotatable bonds is 2. The van der Waals surface area contributed by atoms with Crippen LogP contribution in [-0.2, 0) is 0 Å². The molecule has 1 fully saturated rings. The van der Waals surface area contributed by atoms with Crippen molar-refractivity contribution in [2.24, 2.45) is 0 Å². The first kappa shape index (κ1) is 14.9. The number of imidazole rings is 1. The highest BCUT2D eigenvalue weighted by Gasteiger charge is 2.24. The van der Waals surface area contributed by atoms with Crippen molar-refractivity contribution in [3.05, 3.63) is 35.5 Å². The average molecular weight is 348 g/mol. The first-order chi connectivity index (χ1) is 11.1. The number of anilines is 1. The van der Waals surface area contributed by atoms with Crippen LogP contribution in [0, 0.1) is 0 Å². The fourth-order valence-corrected chi connectivity index (χ4v) is 4.09. The molecule has 3 aromatic rings. The predicted molar refractivity (Wildman–Crippen MR) is 95.6 cm³/mol. The molecule has 0 saturated carbocycles. The molecule has 0 unspecified atom stereocenters. The molecule has 7 heteroatoms. The fourth-order valence-electron chi connectivity index (χ4n) is 3.06. The Labute approximate surface area is 143 Å². The van der Waals surface area contributed by atoms with Crippen molar-refractivity contribution in [1.82, 2.24) is 19.9 Å². The minimum atomic E-state index is 0.472. The van der Waals surface area contributed by atoms with Crippen LogP contribution in [0.3, 0.4) is 0 Å². The van der Waals surface area contributed by atoms with Crippen molar-refractivity contribution in [1.29, 1.82) is 0 Å². The van der Waals surface area contributed by atoms with Crippen molar-refractivity contribution in [3.8, 4) is 11.3 Å². The number of hydrogen-bond donors (Lipinski definition) is 1. The first-order valence-corrected chi connectivity index (χ1v) is 8.91. The third-order valence-corrected chi connectivity index (χ3v) is 5.24. The maximum atomic E-state index is 5.94. The number of nitrogens with zero attached hydrogens (tertiary/aromatic N) is 4. The van der Waals surface area contributed by atoms with E-state index in [2.05, 4.69) is 24.1 Å². The Balaban J connectivity index is 1.62. The molecule has 1 aliphatic rings. The van der Waals surface area contributed by atoms with Gasteiger partial charge in [-0.3, -0.25) is 0 Å². The minimum Gasteiger partial charge on any atom is -0.344 e. The third kappa shape index (κ3) is 2.94. The number of aromatic nitrogens is 3. The highest BCUT2D eigenvalue weighted by molar-refractivity contribution is 7.20. The van der Waals surface area contributed by atoms with Gasteiger partial charge in [0, 0.05) is 35.8 Å². The Bertz CT molecular complexity index is 783. The molecule has 2 atom stereocenters. The van der Waals surface area contributed by atoms with Crippen molar-refractivity contribution in [2.45, 2.75) is 25.9 Å². The van der Waals surface area contributed by atoms with Crippen LogP contribution in [0.2, 0.25) is 5.02 Å². The van der Waals surface area contributed by atoms with Gasteiger partial charge >= 0.3 is 0 Å². The summed E-state index contributed by atoms with van der Waals surface area (Å²) >= 11 is 7.58. The summed E-state index contributed by atoms with van der Waals surface area (Å²) in [5.74, 6) is 0. The Morgan fingerprint density at radius 2 is 1.87 bits per heavy atom. The summed E-state index contributed by atoms with van der Waals surface area (Å²) in [5.41, 5.74) is 1.98. The molecule has 0 amide bonds. The normalized spacial score (nSPS) is 22.0. The molecule has 1 aromatic carbocycles. The van der Waals surface area contributed by atoms with E-state index in [-0.39, 0.29) is 0 Å². The van der Waals surface area contributed by atoms with Crippen molar-refractivity contribution in [2.75, 3.05) is 18.0 Å². The molecule has 0 spiro atoms. The van der Waals surface area contributed by atoms with Crippen LogP contribution >= 0.6 is 22.9 Å². The minimum absolute atomic E-state index is 0.472. The van der Waals surface area contributed by atoms with E-state index in [1.165, 1.54) is 0 Å². The molecule has 0 radical (unpaired) electrons. The van der Waals surface area contributed by atoms with Gasteiger partial charge in [0.15, 0.2) is 0 Å². The molecular formula is C16H18ClN5S. The number of halogens is 1. The highest BCUT2D eigenvalue weighted by atomic mass is 35.5. The molecule has 1 N–H and O–H groups in total. The molecule has 0 aliphatic carbocycles. The molecule has 2 aromatic heterocycles. The molecule has 4 rings (SSSR count). The number of piperazine rings is 1. The lowest BCUT2D eigenvalue weighted by Gasteiger charge is -2.35. The number of fused-ring (bicyclic) bond motifs is 1. The smallest absolute Gasteiger partial charge is 0.214 e. The second-order valence-corrected chi connectivity index (χ2v) is 7.49. The summed E-state index contributed by atoms with van der Waals surface area (Å²) in [6.07, 6.45) is 1.98. The van der Waals surface area contributed by atoms with Gasteiger partial charge in [0.25, 0.3) is 0 Å². The predicted octanol–water partition coefficient (Wildman–Crippen LogP) is 3.30. The molecule has 1 aliphatic heterocycles. The van der Waals surface area contributed by atoms with Crippen molar-refractivity contribution < 1.29 is 0 Å². The van der Waals surface area contributed by atoms with Gasteiger partial charge in [-0.05, 0) is 26.0 Å². The quantitative estimate of drug-likeness (QED) is 0.772. The van der Waals surface area contributed by atoms with Gasteiger partial charge in [0.2, 0.25) is 10.1 Å². The lowest BCUT2D eigenvalue weighted by Crippen LogP contribution is -2.54. The molecular weight excluding hydrogens is 330 g/mol. The maximum Gasteiger partial charge on any atom is 0.214 e. The molecule has 1 saturated heterocycles. The van der Waals surface area contributed by atoms with E-state index in [1.807, 2.05) is 35.0 Å². The SMILES string of the molecule is C[C@@H]1CN(c2nn3cc(-c4ccc(Cl)cc4)nc3s2)C[C@H](C)N1. The van der Waals surface area contributed by atoms with Gasteiger partial charge in [-0.15, -0.1) is 5.10 Å². The summed E-state index contributed by atoms with van der Waals surface area (Å²) in [5, 5.41) is 10.0. The second-order valence-electron chi connectivity index (χ2n) is 6.12. The van der Waals surface area contributed by atoms with Crippen LogP contribution in [0.1, 0.15) is 13.8 Å². The Kier molecular flexibility index (Phi) is 3.75. The third-order valence-electron chi connectivity index (χ3n) is 4.00. The highest BCUT2D eigenvalue weighted by Crippen LogP contribution is 2.28. The van der Waals surface area contributed by atoms with Crippen LogP contribution in [-0.4, -0.2) is 39.8 Å². The van der Waals surface area contributed by atoms with Crippen molar-refractivity contribution in [3.63, 3.8) is 0 Å². The summed E-state index contributed by atoms with van der Waals surface area (Å²) in [7, 11) is 0. The van der Waals surface area contributed by atoms with Crippen LogP contribution in [0.4, 0.5) is 5.13 Å². The number of benzene rings is 1. The van der Waals surface area contributed by atoms with E-state index >= 15 is 0 Å². The summed E-state index contributed by atoms with van der Waals surface area (Å²) < 4.78 is 1.88. The summed E-state index contributed by atoms with van der Waals surface area (Å²) in [4.78, 5) is 7.96. The lowest BCUT2D eigenvalue weighted by molar-refractivity contribution is 0.406. The van der Waals surface area contributed by atoms with E-state index in [0.717, 1.165) is 39.5 Å². The fraction of sp³-hybridized carbons (Fsp3) is 0.375. The van der Waals surface area contributed by atoms with E-state index in [9.17, 15) is 0 Å². The topological polar surface area (TPSA) is 45.5 Å². The summed E-state index contributed by atoms with van der Waals surface area (Å²) in [6.45, 7) is 6.37. The van der Waals surface area contributed by atoms with E-state index in [1.54, 1.807) is 11.3 Å². The Morgan fingerprint density at radius 3 is 2.52 bits per heavy atom.